The van der Waals surface area contributed by atoms with Gasteiger partial charge in [0.15, 0.2) is 0 Å². The summed E-state index contributed by atoms with van der Waals surface area (Å²) in [6.45, 7) is 5.10. The molecule has 20 heavy (non-hydrogen) atoms. The molecule has 0 spiro atoms. The minimum atomic E-state index is -0.0239. The van der Waals surface area contributed by atoms with E-state index in [9.17, 15) is 4.79 Å². The van der Waals surface area contributed by atoms with Gasteiger partial charge in [0.2, 0.25) is 5.91 Å². The predicted molar refractivity (Wildman–Crippen MR) is 82.7 cm³/mol. The molecule has 2 rings (SSSR count). The molecule has 0 aliphatic carbocycles. The van der Waals surface area contributed by atoms with Crippen molar-refractivity contribution in [1.82, 2.24) is 5.32 Å². The summed E-state index contributed by atoms with van der Waals surface area (Å²) in [4.78, 5) is 11.8. The number of hydrogen-bond donors (Lipinski definition) is 2. The van der Waals surface area contributed by atoms with E-state index in [4.69, 9.17) is 0 Å². The van der Waals surface area contributed by atoms with Gasteiger partial charge >= 0.3 is 0 Å². The molecule has 104 valence electrons. The molecule has 0 aliphatic rings. The van der Waals surface area contributed by atoms with Crippen molar-refractivity contribution in [2.45, 2.75) is 20.4 Å². The Labute approximate surface area is 120 Å². The molecule has 2 aromatic carbocycles. The third-order valence-corrected chi connectivity index (χ3v) is 3.25. The Kier molecular flexibility index (Phi) is 4.91. The van der Waals surface area contributed by atoms with Crippen LogP contribution in [0.3, 0.4) is 0 Å². The standard InChI is InChI=1S/C17H20N2O/c1-13-8-9-16(10-14(13)2)19-17(20)12-18-11-15-6-4-3-5-7-15/h3-10,18H,11-12H2,1-2H3,(H,19,20). The lowest BCUT2D eigenvalue weighted by Crippen LogP contribution is -2.27. The van der Waals surface area contributed by atoms with Gasteiger partial charge in [-0.25, -0.2) is 0 Å². The third-order valence-electron chi connectivity index (χ3n) is 3.25. The molecule has 0 atom stereocenters. The Balaban J connectivity index is 1.79. The molecule has 0 aromatic heterocycles. The van der Waals surface area contributed by atoms with Gasteiger partial charge in [0.25, 0.3) is 0 Å². The van der Waals surface area contributed by atoms with Gasteiger partial charge in [-0.15, -0.1) is 0 Å². The van der Waals surface area contributed by atoms with Crippen LogP contribution in [0.5, 0.6) is 0 Å². The molecular weight excluding hydrogens is 248 g/mol. The van der Waals surface area contributed by atoms with Gasteiger partial charge in [-0.3, -0.25) is 4.79 Å². The maximum Gasteiger partial charge on any atom is 0.238 e. The van der Waals surface area contributed by atoms with Gasteiger partial charge in [-0.05, 0) is 42.7 Å². The molecule has 0 heterocycles. The zero-order chi connectivity index (χ0) is 14.4. The number of benzene rings is 2. The zero-order valence-corrected chi connectivity index (χ0v) is 11.9. The predicted octanol–water partition coefficient (Wildman–Crippen LogP) is 3.03. The largest absolute Gasteiger partial charge is 0.325 e. The first-order valence-electron chi connectivity index (χ1n) is 6.77. The molecule has 2 N–H and O–H groups in total. The molecule has 3 nitrogen and oxygen atoms in total. The molecular formula is C17H20N2O. The lowest BCUT2D eigenvalue weighted by molar-refractivity contribution is -0.115. The van der Waals surface area contributed by atoms with Crippen LogP contribution >= 0.6 is 0 Å². The van der Waals surface area contributed by atoms with Gasteiger partial charge in [0, 0.05) is 12.2 Å². The van der Waals surface area contributed by atoms with E-state index in [-0.39, 0.29) is 5.91 Å². The zero-order valence-electron chi connectivity index (χ0n) is 11.9. The topological polar surface area (TPSA) is 41.1 Å². The fourth-order valence-corrected chi connectivity index (χ4v) is 1.94. The lowest BCUT2D eigenvalue weighted by atomic mass is 10.1. The third kappa shape index (κ3) is 4.21. The number of anilines is 1. The molecule has 2 aromatic rings. The summed E-state index contributed by atoms with van der Waals surface area (Å²) in [5.41, 5.74) is 4.43. The van der Waals surface area contributed by atoms with E-state index in [1.807, 2.05) is 55.5 Å². The first-order chi connectivity index (χ1) is 9.65. The summed E-state index contributed by atoms with van der Waals surface area (Å²) < 4.78 is 0. The highest BCUT2D eigenvalue weighted by Crippen LogP contribution is 2.13. The Morgan fingerprint density at radius 1 is 1.00 bits per heavy atom. The molecule has 0 radical (unpaired) electrons. The van der Waals surface area contributed by atoms with Crippen LogP contribution < -0.4 is 10.6 Å². The number of aryl methyl sites for hydroxylation is 2. The number of amides is 1. The Morgan fingerprint density at radius 2 is 1.75 bits per heavy atom. The summed E-state index contributed by atoms with van der Waals surface area (Å²) in [6, 6.07) is 16.0. The highest BCUT2D eigenvalue weighted by molar-refractivity contribution is 5.92. The van der Waals surface area contributed by atoms with E-state index in [0.29, 0.717) is 13.1 Å². The molecule has 0 bridgehead atoms. The van der Waals surface area contributed by atoms with Crippen molar-refractivity contribution in [2.24, 2.45) is 0 Å². The van der Waals surface area contributed by atoms with Crippen molar-refractivity contribution in [1.29, 1.82) is 0 Å². The number of rotatable bonds is 5. The summed E-state index contributed by atoms with van der Waals surface area (Å²) in [7, 11) is 0. The van der Waals surface area contributed by atoms with Crippen LogP contribution in [0, 0.1) is 13.8 Å². The molecule has 1 amide bonds. The van der Waals surface area contributed by atoms with Crippen molar-refractivity contribution in [3.05, 3.63) is 65.2 Å². The van der Waals surface area contributed by atoms with Gasteiger partial charge in [0.1, 0.15) is 0 Å². The van der Waals surface area contributed by atoms with E-state index in [1.165, 1.54) is 16.7 Å². The first-order valence-corrected chi connectivity index (χ1v) is 6.77. The average molecular weight is 268 g/mol. The van der Waals surface area contributed by atoms with Crippen LogP contribution in [0.15, 0.2) is 48.5 Å². The second-order valence-corrected chi connectivity index (χ2v) is 4.94. The van der Waals surface area contributed by atoms with E-state index in [1.54, 1.807) is 0 Å². The van der Waals surface area contributed by atoms with Crippen LogP contribution in [0.4, 0.5) is 5.69 Å². The number of nitrogens with one attached hydrogen (secondary N) is 2. The van der Waals surface area contributed by atoms with Crippen molar-refractivity contribution < 1.29 is 4.79 Å². The Bertz CT molecular complexity index is 579. The quantitative estimate of drug-likeness (QED) is 0.875. The summed E-state index contributed by atoms with van der Waals surface area (Å²) in [5.74, 6) is -0.0239. The van der Waals surface area contributed by atoms with Crippen LogP contribution in [0.2, 0.25) is 0 Å². The SMILES string of the molecule is Cc1ccc(NC(=O)CNCc2ccccc2)cc1C. The van der Waals surface area contributed by atoms with Crippen molar-refractivity contribution >= 4 is 11.6 Å². The van der Waals surface area contributed by atoms with Crippen LogP contribution in [0.1, 0.15) is 16.7 Å². The monoisotopic (exact) mass is 268 g/mol. The Hall–Kier alpha value is -2.13. The molecule has 0 saturated heterocycles. The van der Waals surface area contributed by atoms with Crippen LogP contribution in [-0.2, 0) is 11.3 Å². The Morgan fingerprint density at radius 3 is 2.45 bits per heavy atom. The van der Waals surface area contributed by atoms with E-state index in [2.05, 4.69) is 17.6 Å². The number of carbonyl (C=O) groups excluding carboxylic acids is 1. The highest BCUT2D eigenvalue weighted by Gasteiger charge is 2.03. The lowest BCUT2D eigenvalue weighted by Gasteiger charge is -2.08. The van der Waals surface area contributed by atoms with Crippen molar-refractivity contribution in [3.63, 3.8) is 0 Å². The molecule has 0 unspecified atom stereocenters. The van der Waals surface area contributed by atoms with E-state index >= 15 is 0 Å². The molecule has 0 fully saturated rings. The van der Waals surface area contributed by atoms with Gasteiger partial charge < -0.3 is 10.6 Å². The molecule has 3 heteroatoms. The fourth-order valence-electron chi connectivity index (χ4n) is 1.94. The number of hydrogen-bond acceptors (Lipinski definition) is 2. The minimum Gasteiger partial charge on any atom is -0.325 e. The average Bonchev–Trinajstić information content (AvgIpc) is 2.44. The second kappa shape index (κ2) is 6.87. The molecule has 0 saturated carbocycles. The summed E-state index contributed by atoms with van der Waals surface area (Å²) in [5, 5.41) is 6.03. The normalized spacial score (nSPS) is 10.3. The maximum absolute atomic E-state index is 11.8. The van der Waals surface area contributed by atoms with Crippen LogP contribution in [0.25, 0.3) is 0 Å². The highest BCUT2D eigenvalue weighted by atomic mass is 16.1. The maximum atomic E-state index is 11.8. The second-order valence-electron chi connectivity index (χ2n) is 4.94. The van der Waals surface area contributed by atoms with Gasteiger partial charge in [-0.2, -0.15) is 0 Å². The minimum absolute atomic E-state index is 0.0239. The van der Waals surface area contributed by atoms with Gasteiger partial charge in [0.05, 0.1) is 6.54 Å². The van der Waals surface area contributed by atoms with Crippen molar-refractivity contribution in [2.75, 3.05) is 11.9 Å². The van der Waals surface area contributed by atoms with E-state index < -0.39 is 0 Å². The van der Waals surface area contributed by atoms with Crippen LogP contribution in [-0.4, -0.2) is 12.5 Å². The summed E-state index contributed by atoms with van der Waals surface area (Å²) >= 11 is 0. The number of carbonyl (C=O) groups is 1. The van der Waals surface area contributed by atoms with Crippen molar-refractivity contribution in [3.8, 4) is 0 Å². The first kappa shape index (κ1) is 14.3. The fraction of sp³-hybridized carbons (Fsp3) is 0.235. The summed E-state index contributed by atoms with van der Waals surface area (Å²) in [6.07, 6.45) is 0. The smallest absolute Gasteiger partial charge is 0.238 e. The molecule has 0 aliphatic heterocycles. The van der Waals surface area contributed by atoms with E-state index in [0.717, 1.165) is 5.69 Å². The van der Waals surface area contributed by atoms with Gasteiger partial charge in [-0.1, -0.05) is 36.4 Å².